The Labute approximate surface area is 177 Å². The normalized spacial score (nSPS) is 16.8. The van der Waals surface area contributed by atoms with Gasteiger partial charge in [-0.1, -0.05) is 91.9 Å². The Kier molecular flexibility index (Phi) is 6.60. The van der Waals surface area contributed by atoms with E-state index in [1.807, 2.05) is 54.6 Å². The van der Waals surface area contributed by atoms with E-state index < -0.39 is 24.4 Å². The summed E-state index contributed by atoms with van der Waals surface area (Å²) in [6, 6.07) is 22.1. The van der Waals surface area contributed by atoms with Gasteiger partial charge in [0.25, 0.3) is 0 Å². The summed E-state index contributed by atoms with van der Waals surface area (Å²) in [7, 11) is -3.99. The van der Waals surface area contributed by atoms with Crippen LogP contribution in [0.2, 0.25) is 0 Å². The molecule has 3 atom stereocenters. The fourth-order valence-electron chi connectivity index (χ4n) is 4.37. The average molecular weight is 422 g/mol. The number of rotatable bonds is 8. The molecule has 3 aromatic carbocycles. The molecule has 0 heterocycles. The summed E-state index contributed by atoms with van der Waals surface area (Å²) < 4.78 is 13.9. The Morgan fingerprint density at radius 1 is 1.03 bits per heavy atom. The number of fused-ring (bicyclic) bond motifs is 1. The third-order valence-electron chi connectivity index (χ3n) is 5.79. The molecular weight excluding hydrogens is 395 g/mol. The van der Waals surface area contributed by atoms with Crippen molar-refractivity contribution in [3.8, 4) is 0 Å². The first-order valence-corrected chi connectivity index (χ1v) is 11.9. The van der Waals surface area contributed by atoms with Gasteiger partial charge < -0.3 is 10.00 Å². The van der Waals surface area contributed by atoms with Gasteiger partial charge in [-0.2, -0.15) is 0 Å². The third kappa shape index (κ3) is 3.98. The molecule has 2 N–H and O–H groups in total. The molecule has 0 radical (unpaired) electrons. The molecule has 0 bridgehead atoms. The minimum atomic E-state index is -3.99. The molecule has 0 spiro atoms. The van der Waals surface area contributed by atoms with Crippen LogP contribution in [-0.4, -0.2) is 21.1 Å². The van der Waals surface area contributed by atoms with E-state index in [2.05, 4.69) is 0 Å². The Balaban J connectivity index is 2.25. The van der Waals surface area contributed by atoms with Crippen LogP contribution in [0, 0.1) is 0 Å². The van der Waals surface area contributed by atoms with E-state index in [-0.39, 0.29) is 12.6 Å². The van der Waals surface area contributed by atoms with Crippen LogP contribution in [0.1, 0.15) is 37.3 Å². The molecule has 3 unspecified atom stereocenters. The number of carboxylic acids is 1. The molecule has 0 aromatic heterocycles. The number of carboxylic acid groups (broad SMARTS) is 1. The fourth-order valence-corrected chi connectivity index (χ4v) is 6.90. The Hall–Kier alpha value is -2.68. The van der Waals surface area contributed by atoms with Gasteiger partial charge in [0.2, 0.25) is 7.37 Å². The minimum Gasteiger partial charge on any atom is -0.481 e. The number of hydrogen-bond acceptors (Lipinski definition) is 2. The second-order valence-corrected chi connectivity index (χ2v) is 10.1. The number of carbonyl (C=O) groups is 1. The molecule has 4 nitrogen and oxygen atoms in total. The highest BCUT2D eigenvalue weighted by Crippen LogP contribution is 2.65. The lowest BCUT2D eigenvalue weighted by molar-refractivity contribution is -0.139. The summed E-state index contributed by atoms with van der Waals surface area (Å²) in [5.41, 5.74) is 1.27. The lowest BCUT2D eigenvalue weighted by Gasteiger charge is -2.39. The smallest absolute Gasteiger partial charge is 0.312 e. The zero-order valence-corrected chi connectivity index (χ0v) is 18.1. The first-order valence-electron chi connectivity index (χ1n) is 10.1. The van der Waals surface area contributed by atoms with Crippen LogP contribution in [0.25, 0.3) is 10.8 Å². The van der Waals surface area contributed by atoms with Crippen LogP contribution in [0.4, 0.5) is 0 Å². The van der Waals surface area contributed by atoms with Crippen LogP contribution in [0.15, 0.2) is 84.9 Å². The highest BCUT2D eigenvalue weighted by molar-refractivity contribution is 7.59. The Bertz CT molecular complexity index is 1100. The van der Waals surface area contributed by atoms with Crippen molar-refractivity contribution in [2.75, 3.05) is 0 Å². The van der Waals surface area contributed by atoms with Crippen LogP contribution >= 0.6 is 7.37 Å². The van der Waals surface area contributed by atoms with Gasteiger partial charge in [0.05, 0.1) is 11.3 Å². The van der Waals surface area contributed by atoms with E-state index >= 15 is 0 Å². The van der Waals surface area contributed by atoms with Crippen molar-refractivity contribution in [1.82, 2.24) is 0 Å². The molecule has 0 fully saturated rings. The summed E-state index contributed by atoms with van der Waals surface area (Å²) >= 11 is 0. The van der Waals surface area contributed by atoms with Crippen LogP contribution in [-0.2, 0) is 15.5 Å². The summed E-state index contributed by atoms with van der Waals surface area (Å²) in [6.07, 6.45) is 3.47. The quantitative estimate of drug-likeness (QED) is 0.335. The van der Waals surface area contributed by atoms with Crippen LogP contribution in [0.3, 0.4) is 0 Å². The van der Waals surface area contributed by atoms with Gasteiger partial charge in [-0.15, -0.1) is 0 Å². The first kappa shape index (κ1) is 22.0. The van der Waals surface area contributed by atoms with Crippen molar-refractivity contribution in [2.24, 2.45) is 0 Å². The largest absolute Gasteiger partial charge is 0.481 e. The van der Waals surface area contributed by atoms with Crippen molar-refractivity contribution in [1.29, 1.82) is 0 Å². The molecule has 156 valence electrons. The summed E-state index contributed by atoms with van der Waals surface area (Å²) in [4.78, 5) is 24.1. The topological polar surface area (TPSA) is 74.6 Å². The molecule has 0 amide bonds. The fraction of sp³-hybridized carbons (Fsp3) is 0.240. The van der Waals surface area contributed by atoms with E-state index in [1.54, 1.807) is 44.2 Å². The highest BCUT2D eigenvalue weighted by Gasteiger charge is 2.53. The SMILES string of the molecule is C/C=C\C(CC)(C(C(=O)O)c1cccc2ccccc12)P(=O)(O)Cc1ccccc1. The second-order valence-electron chi connectivity index (χ2n) is 7.53. The number of allylic oxidation sites excluding steroid dienone is 2. The zero-order valence-electron chi connectivity index (χ0n) is 17.2. The Morgan fingerprint density at radius 2 is 1.67 bits per heavy atom. The monoisotopic (exact) mass is 422 g/mol. The lowest BCUT2D eigenvalue weighted by atomic mass is 9.81. The number of hydrogen-bond donors (Lipinski definition) is 2. The predicted octanol–water partition coefficient (Wildman–Crippen LogP) is 6.20. The standard InChI is InChI=1S/C25H27O4P/c1-3-17-25(4-2,30(28,29)18-19-11-6-5-7-12-19)23(24(26)27)22-16-10-14-20-13-8-9-15-21(20)22/h3,5-17,23H,4,18H2,1-2H3,(H,26,27)(H,28,29)/b17-3-. The molecule has 30 heavy (non-hydrogen) atoms. The highest BCUT2D eigenvalue weighted by atomic mass is 31.2. The van der Waals surface area contributed by atoms with Crippen molar-refractivity contribution >= 4 is 24.1 Å². The maximum absolute atomic E-state index is 13.9. The molecule has 0 saturated heterocycles. The van der Waals surface area contributed by atoms with Crippen molar-refractivity contribution < 1.29 is 19.4 Å². The van der Waals surface area contributed by atoms with Gasteiger partial charge in [-0.3, -0.25) is 9.36 Å². The summed E-state index contributed by atoms with van der Waals surface area (Å²) in [6.45, 7) is 3.55. The first-order chi connectivity index (χ1) is 14.4. The van der Waals surface area contributed by atoms with Gasteiger partial charge in [0.1, 0.15) is 5.92 Å². The second kappa shape index (κ2) is 8.99. The molecule has 0 aliphatic heterocycles. The van der Waals surface area contributed by atoms with E-state index in [9.17, 15) is 19.4 Å². The minimum absolute atomic E-state index is 0.0828. The molecule has 3 rings (SSSR count). The van der Waals surface area contributed by atoms with E-state index in [1.165, 1.54) is 0 Å². The number of benzene rings is 3. The van der Waals surface area contributed by atoms with Gasteiger partial charge in [0.15, 0.2) is 0 Å². The summed E-state index contributed by atoms with van der Waals surface area (Å²) in [5, 5.41) is 10.6. The van der Waals surface area contributed by atoms with Gasteiger partial charge in [0, 0.05) is 0 Å². The molecule has 0 saturated carbocycles. The van der Waals surface area contributed by atoms with Crippen LogP contribution < -0.4 is 0 Å². The lowest BCUT2D eigenvalue weighted by Crippen LogP contribution is -2.39. The molecule has 0 aliphatic rings. The van der Waals surface area contributed by atoms with Gasteiger partial charge in [-0.25, -0.2) is 0 Å². The zero-order chi connectivity index (χ0) is 21.8. The van der Waals surface area contributed by atoms with E-state index in [0.717, 1.165) is 10.8 Å². The van der Waals surface area contributed by atoms with Crippen LogP contribution in [0.5, 0.6) is 0 Å². The predicted molar refractivity (Wildman–Crippen MR) is 122 cm³/mol. The molecule has 3 aromatic rings. The average Bonchev–Trinajstić information content (AvgIpc) is 2.73. The molecule has 5 heteroatoms. The number of aliphatic carboxylic acids is 1. The van der Waals surface area contributed by atoms with E-state index in [4.69, 9.17) is 0 Å². The molecule has 0 aliphatic carbocycles. The third-order valence-corrected chi connectivity index (χ3v) is 8.61. The maximum Gasteiger partial charge on any atom is 0.312 e. The van der Waals surface area contributed by atoms with Gasteiger partial charge in [-0.05, 0) is 35.2 Å². The van der Waals surface area contributed by atoms with E-state index in [0.29, 0.717) is 11.1 Å². The maximum atomic E-state index is 13.9. The molecular formula is C25H27O4P. The van der Waals surface area contributed by atoms with Crippen molar-refractivity contribution in [3.63, 3.8) is 0 Å². The van der Waals surface area contributed by atoms with Crippen molar-refractivity contribution in [2.45, 2.75) is 37.5 Å². The van der Waals surface area contributed by atoms with Crippen molar-refractivity contribution in [3.05, 3.63) is 96.1 Å². The summed E-state index contributed by atoms with van der Waals surface area (Å²) in [5.74, 6) is -2.27. The van der Waals surface area contributed by atoms with Gasteiger partial charge >= 0.3 is 5.97 Å². The Morgan fingerprint density at radius 3 is 2.30 bits per heavy atom.